The molecular formula is C15H19F2N3. The molecule has 5 heteroatoms. The Morgan fingerprint density at radius 1 is 1.25 bits per heavy atom. The van der Waals surface area contributed by atoms with Crippen LogP contribution in [0.5, 0.6) is 0 Å². The van der Waals surface area contributed by atoms with E-state index in [-0.39, 0.29) is 0 Å². The van der Waals surface area contributed by atoms with E-state index in [2.05, 4.69) is 24.3 Å². The Labute approximate surface area is 117 Å². The van der Waals surface area contributed by atoms with Crippen LogP contribution in [-0.4, -0.2) is 15.8 Å². The van der Waals surface area contributed by atoms with Gasteiger partial charge in [-0.3, -0.25) is 4.68 Å². The molecule has 0 aliphatic heterocycles. The maximum absolute atomic E-state index is 13.6. The second kappa shape index (κ2) is 6.13. The number of rotatable bonds is 5. The Bertz CT molecular complexity index is 591. The first kappa shape index (κ1) is 14.7. The van der Waals surface area contributed by atoms with Gasteiger partial charge >= 0.3 is 0 Å². The molecule has 1 aromatic carbocycles. The molecule has 0 amide bonds. The summed E-state index contributed by atoms with van der Waals surface area (Å²) in [6, 6.07) is 4.00. The van der Waals surface area contributed by atoms with Crippen LogP contribution in [0.25, 0.3) is 0 Å². The second-order valence-corrected chi connectivity index (χ2v) is 5.21. The van der Waals surface area contributed by atoms with E-state index in [1.54, 1.807) is 4.68 Å². The van der Waals surface area contributed by atoms with Gasteiger partial charge in [-0.25, -0.2) is 8.78 Å². The summed E-state index contributed by atoms with van der Waals surface area (Å²) in [6.07, 6.45) is 1.90. The molecule has 1 aromatic heterocycles. The van der Waals surface area contributed by atoms with Gasteiger partial charge in [-0.15, -0.1) is 0 Å². The molecule has 0 saturated carbocycles. The Kier molecular flexibility index (Phi) is 4.49. The average Bonchev–Trinajstić information content (AvgIpc) is 2.71. The van der Waals surface area contributed by atoms with Crippen molar-refractivity contribution in [1.29, 1.82) is 0 Å². The third kappa shape index (κ3) is 3.63. The molecule has 0 aliphatic rings. The monoisotopic (exact) mass is 279 g/mol. The van der Waals surface area contributed by atoms with Gasteiger partial charge in [0.25, 0.3) is 0 Å². The van der Waals surface area contributed by atoms with E-state index in [0.29, 0.717) is 18.2 Å². The highest BCUT2D eigenvalue weighted by Crippen LogP contribution is 2.13. The van der Waals surface area contributed by atoms with Crippen LogP contribution in [0.15, 0.2) is 24.4 Å². The van der Waals surface area contributed by atoms with Gasteiger partial charge < -0.3 is 5.32 Å². The van der Waals surface area contributed by atoms with Crippen LogP contribution in [0.3, 0.4) is 0 Å². The molecule has 0 aliphatic carbocycles. The van der Waals surface area contributed by atoms with Crippen molar-refractivity contribution < 1.29 is 8.78 Å². The van der Waals surface area contributed by atoms with Crippen molar-refractivity contribution >= 4 is 0 Å². The summed E-state index contributed by atoms with van der Waals surface area (Å²) < 4.78 is 28.1. The molecule has 0 unspecified atom stereocenters. The summed E-state index contributed by atoms with van der Waals surface area (Å²) in [5.41, 5.74) is 2.43. The SMILES string of the molecule is Cc1nn(Cc2ccc(F)cc2F)cc1CNC(C)C. The van der Waals surface area contributed by atoms with Crippen LogP contribution in [0, 0.1) is 18.6 Å². The summed E-state index contributed by atoms with van der Waals surface area (Å²) in [5, 5.41) is 7.69. The van der Waals surface area contributed by atoms with E-state index in [1.165, 1.54) is 12.1 Å². The fourth-order valence-electron chi connectivity index (χ4n) is 1.95. The van der Waals surface area contributed by atoms with Gasteiger partial charge in [-0.1, -0.05) is 19.9 Å². The van der Waals surface area contributed by atoms with Gasteiger partial charge in [0, 0.05) is 36.0 Å². The van der Waals surface area contributed by atoms with Gasteiger partial charge in [0.2, 0.25) is 0 Å². The Hall–Kier alpha value is -1.75. The number of aryl methyl sites for hydroxylation is 1. The summed E-state index contributed by atoms with van der Waals surface area (Å²) in [4.78, 5) is 0. The lowest BCUT2D eigenvalue weighted by molar-refractivity contribution is 0.557. The summed E-state index contributed by atoms with van der Waals surface area (Å²) in [6.45, 7) is 7.11. The van der Waals surface area contributed by atoms with Gasteiger partial charge in [-0.05, 0) is 13.0 Å². The van der Waals surface area contributed by atoms with E-state index in [4.69, 9.17) is 0 Å². The topological polar surface area (TPSA) is 29.9 Å². The lowest BCUT2D eigenvalue weighted by Gasteiger charge is -2.06. The molecule has 1 N–H and O–H groups in total. The first-order chi connectivity index (χ1) is 9.45. The fraction of sp³-hybridized carbons (Fsp3) is 0.400. The van der Waals surface area contributed by atoms with Gasteiger partial charge in [0.05, 0.1) is 12.2 Å². The minimum Gasteiger partial charge on any atom is -0.310 e. The molecule has 0 saturated heterocycles. The highest BCUT2D eigenvalue weighted by molar-refractivity contribution is 5.20. The van der Waals surface area contributed by atoms with Crippen molar-refractivity contribution in [3.63, 3.8) is 0 Å². The van der Waals surface area contributed by atoms with Crippen molar-refractivity contribution in [2.24, 2.45) is 0 Å². The summed E-state index contributed by atoms with van der Waals surface area (Å²) in [7, 11) is 0. The van der Waals surface area contributed by atoms with E-state index in [9.17, 15) is 8.78 Å². The predicted octanol–water partition coefficient (Wildman–Crippen LogP) is 3.02. The zero-order chi connectivity index (χ0) is 14.7. The molecule has 0 bridgehead atoms. The zero-order valence-electron chi connectivity index (χ0n) is 12.0. The van der Waals surface area contributed by atoms with E-state index < -0.39 is 11.6 Å². The third-order valence-electron chi connectivity index (χ3n) is 3.10. The van der Waals surface area contributed by atoms with Crippen LogP contribution >= 0.6 is 0 Å². The average molecular weight is 279 g/mol. The van der Waals surface area contributed by atoms with Crippen molar-refractivity contribution in [2.45, 2.75) is 39.9 Å². The number of halogens is 2. The van der Waals surface area contributed by atoms with E-state index >= 15 is 0 Å². The molecule has 0 fully saturated rings. The van der Waals surface area contributed by atoms with Gasteiger partial charge in [-0.2, -0.15) is 5.10 Å². The first-order valence-electron chi connectivity index (χ1n) is 6.66. The molecule has 2 rings (SSSR count). The Morgan fingerprint density at radius 2 is 2.00 bits per heavy atom. The number of nitrogens with zero attached hydrogens (tertiary/aromatic N) is 2. The maximum Gasteiger partial charge on any atom is 0.131 e. The van der Waals surface area contributed by atoms with Crippen molar-refractivity contribution in [2.75, 3.05) is 0 Å². The fourth-order valence-corrected chi connectivity index (χ4v) is 1.95. The van der Waals surface area contributed by atoms with Crippen LogP contribution in [0.4, 0.5) is 8.78 Å². The van der Waals surface area contributed by atoms with Crippen LogP contribution in [0.1, 0.15) is 30.7 Å². The quantitative estimate of drug-likeness (QED) is 0.911. The minimum absolute atomic E-state index is 0.300. The molecule has 0 spiro atoms. The van der Waals surface area contributed by atoms with Crippen LogP contribution in [-0.2, 0) is 13.1 Å². The molecule has 1 heterocycles. The number of benzene rings is 1. The van der Waals surface area contributed by atoms with Gasteiger partial charge in [0.15, 0.2) is 0 Å². The van der Waals surface area contributed by atoms with Crippen molar-refractivity contribution in [3.8, 4) is 0 Å². The van der Waals surface area contributed by atoms with E-state index in [0.717, 1.165) is 23.9 Å². The maximum atomic E-state index is 13.6. The smallest absolute Gasteiger partial charge is 0.131 e. The lowest BCUT2D eigenvalue weighted by atomic mass is 10.2. The number of nitrogens with one attached hydrogen (secondary N) is 1. The van der Waals surface area contributed by atoms with Crippen LogP contribution in [0.2, 0.25) is 0 Å². The lowest BCUT2D eigenvalue weighted by Crippen LogP contribution is -2.21. The van der Waals surface area contributed by atoms with E-state index in [1.807, 2.05) is 13.1 Å². The number of hydrogen-bond donors (Lipinski definition) is 1. The largest absolute Gasteiger partial charge is 0.310 e. The minimum atomic E-state index is -0.565. The molecule has 0 atom stereocenters. The molecule has 20 heavy (non-hydrogen) atoms. The van der Waals surface area contributed by atoms with Crippen molar-refractivity contribution in [3.05, 3.63) is 52.9 Å². The van der Waals surface area contributed by atoms with Crippen molar-refractivity contribution in [1.82, 2.24) is 15.1 Å². The second-order valence-electron chi connectivity index (χ2n) is 5.21. The number of aromatic nitrogens is 2. The molecule has 3 nitrogen and oxygen atoms in total. The molecular weight excluding hydrogens is 260 g/mol. The number of hydrogen-bond acceptors (Lipinski definition) is 2. The summed E-state index contributed by atoms with van der Waals surface area (Å²) >= 11 is 0. The van der Waals surface area contributed by atoms with Gasteiger partial charge in [0.1, 0.15) is 11.6 Å². The Morgan fingerprint density at radius 3 is 2.65 bits per heavy atom. The standard InChI is InChI=1S/C15H19F2N3/c1-10(2)18-7-13-9-20(19-11(13)3)8-12-4-5-14(16)6-15(12)17/h4-6,9-10,18H,7-8H2,1-3H3. The molecule has 2 aromatic rings. The van der Waals surface area contributed by atoms with Crippen LogP contribution < -0.4 is 5.32 Å². The predicted molar refractivity (Wildman–Crippen MR) is 74.4 cm³/mol. The summed E-state index contributed by atoms with van der Waals surface area (Å²) in [5.74, 6) is -1.11. The first-order valence-corrected chi connectivity index (χ1v) is 6.66. The highest BCUT2D eigenvalue weighted by atomic mass is 19.1. The third-order valence-corrected chi connectivity index (χ3v) is 3.10. The molecule has 108 valence electrons. The zero-order valence-corrected chi connectivity index (χ0v) is 12.0. The Balaban J connectivity index is 2.12. The molecule has 0 radical (unpaired) electrons. The normalized spacial score (nSPS) is 11.3. The highest BCUT2D eigenvalue weighted by Gasteiger charge is 2.09.